The SMILES string of the molecule is C[C@]1(C(=O)O)OC[C@@H](Cc2ccc(OCCO/N=C(/c3ccccc3)c3ccccn3)cc2)CO1. The van der Waals surface area contributed by atoms with E-state index in [-0.39, 0.29) is 12.5 Å². The lowest BCUT2D eigenvalue weighted by molar-refractivity contribution is -0.270. The van der Waals surface area contributed by atoms with E-state index in [0.29, 0.717) is 25.5 Å². The zero-order chi connectivity index (χ0) is 24.5. The number of carboxylic acids is 1. The third-order valence-corrected chi connectivity index (χ3v) is 5.58. The summed E-state index contributed by atoms with van der Waals surface area (Å²) in [7, 11) is 0. The molecule has 1 aliphatic rings. The second kappa shape index (κ2) is 11.6. The molecule has 4 rings (SSSR count). The topological polar surface area (TPSA) is 99.5 Å². The van der Waals surface area contributed by atoms with Gasteiger partial charge in [0, 0.05) is 24.6 Å². The van der Waals surface area contributed by atoms with Crippen LogP contribution in [-0.4, -0.2) is 54.0 Å². The van der Waals surface area contributed by atoms with E-state index in [4.69, 9.17) is 24.2 Å². The Bertz CT molecular complexity index is 1070. The van der Waals surface area contributed by atoms with Crippen LogP contribution in [0, 0.1) is 5.92 Å². The van der Waals surface area contributed by atoms with Crippen LogP contribution in [0.5, 0.6) is 5.75 Å². The van der Waals surface area contributed by atoms with E-state index in [2.05, 4.69) is 10.1 Å². The van der Waals surface area contributed by atoms with Gasteiger partial charge in [0.1, 0.15) is 18.1 Å². The molecule has 1 aromatic heterocycles. The third kappa shape index (κ3) is 6.65. The van der Waals surface area contributed by atoms with E-state index in [1.54, 1.807) is 6.20 Å². The highest BCUT2D eigenvalue weighted by Gasteiger charge is 2.40. The van der Waals surface area contributed by atoms with Crippen LogP contribution >= 0.6 is 0 Å². The van der Waals surface area contributed by atoms with Crippen LogP contribution in [0.2, 0.25) is 0 Å². The number of carboxylic acid groups (broad SMARTS) is 1. The van der Waals surface area contributed by atoms with Crippen molar-refractivity contribution in [2.45, 2.75) is 19.1 Å². The summed E-state index contributed by atoms with van der Waals surface area (Å²) in [6.45, 7) is 2.72. The Hall–Kier alpha value is -3.75. The van der Waals surface area contributed by atoms with Crippen molar-refractivity contribution < 1.29 is 28.9 Å². The molecule has 3 aromatic rings. The number of aromatic nitrogens is 1. The predicted molar refractivity (Wildman–Crippen MR) is 129 cm³/mol. The van der Waals surface area contributed by atoms with Crippen LogP contribution in [0.25, 0.3) is 0 Å². The van der Waals surface area contributed by atoms with Crippen molar-refractivity contribution in [3.05, 3.63) is 95.8 Å². The molecule has 0 radical (unpaired) electrons. The third-order valence-electron chi connectivity index (χ3n) is 5.58. The maximum Gasteiger partial charge on any atom is 0.364 e. The molecule has 35 heavy (non-hydrogen) atoms. The first-order valence-corrected chi connectivity index (χ1v) is 11.4. The molecule has 0 bridgehead atoms. The van der Waals surface area contributed by atoms with Crippen LogP contribution in [0.3, 0.4) is 0 Å². The van der Waals surface area contributed by atoms with Gasteiger partial charge in [-0.1, -0.05) is 53.7 Å². The minimum absolute atomic E-state index is 0.0957. The largest absolute Gasteiger partial charge is 0.490 e. The molecule has 1 N–H and O–H groups in total. The number of pyridine rings is 1. The van der Waals surface area contributed by atoms with Crippen molar-refractivity contribution in [1.29, 1.82) is 0 Å². The number of rotatable bonds is 10. The maximum absolute atomic E-state index is 11.2. The fourth-order valence-corrected chi connectivity index (χ4v) is 3.59. The summed E-state index contributed by atoms with van der Waals surface area (Å²) in [5.41, 5.74) is 3.41. The van der Waals surface area contributed by atoms with Gasteiger partial charge in [-0.25, -0.2) is 4.79 Å². The summed E-state index contributed by atoms with van der Waals surface area (Å²) in [6, 6.07) is 23.2. The molecule has 0 aliphatic carbocycles. The van der Waals surface area contributed by atoms with E-state index < -0.39 is 11.8 Å². The van der Waals surface area contributed by atoms with Gasteiger partial charge in [0.05, 0.1) is 18.9 Å². The minimum atomic E-state index is -1.56. The fraction of sp³-hybridized carbons (Fsp3) is 0.296. The highest BCUT2D eigenvalue weighted by Crippen LogP contribution is 2.24. The Morgan fingerprint density at radius 2 is 1.74 bits per heavy atom. The van der Waals surface area contributed by atoms with E-state index in [9.17, 15) is 4.79 Å². The molecular formula is C27H28N2O6. The van der Waals surface area contributed by atoms with E-state index >= 15 is 0 Å². The molecule has 2 heterocycles. The summed E-state index contributed by atoms with van der Waals surface area (Å²) >= 11 is 0. The highest BCUT2D eigenvalue weighted by atomic mass is 16.7. The Labute approximate surface area is 204 Å². The summed E-state index contributed by atoms with van der Waals surface area (Å²) in [5.74, 6) is -1.85. The number of hydrogen-bond acceptors (Lipinski definition) is 7. The number of nitrogens with zero attached hydrogens (tertiary/aromatic N) is 2. The lowest BCUT2D eigenvalue weighted by atomic mass is 9.99. The number of ether oxygens (including phenoxy) is 3. The monoisotopic (exact) mass is 476 g/mol. The Balaban J connectivity index is 1.24. The van der Waals surface area contributed by atoms with Gasteiger partial charge in [0.15, 0.2) is 6.61 Å². The molecule has 1 fully saturated rings. The lowest BCUT2D eigenvalue weighted by Crippen LogP contribution is -2.48. The molecule has 0 atom stereocenters. The first-order valence-electron chi connectivity index (χ1n) is 11.4. The molecule has 2 aromatic carbocycles. The lowest BCUT2D eigenvalue weighted by Gasteiger charge is -2.34. The van der Waals surface area contributed by atoms with Crippen molar-refractivity contribution in [1.82, 2.24) is 4.98 Å². The zero-order valence-electron chi connectivity index (χ0n) is 19.5. The van der Waals surface area contributed by atoms with Gasteiger partial charge in [-0.05, 0) is 36.2 Å². The van der Waals surface area contributed by atoms with Crippen LogP contribution in [0.1, 0.15) is 23.7 Å². The van der Waals surface area contributed by atoms with Gasteiger partial charge in [-0.2, -0.15) is 0 Å². The molecular weight excluding hydrogens is 448 g/mol. The summed E-state index contributed by atoms with van der Waals surface area (Å²) in [6.07, 6.45) is 2.45. The molecule has 0 spiro atoms. The first-order chi connectivity index (χ1) is 17.0. The van der Waals surface area contributed by atoms with Crippen molar-refractivity contribution in [3.63, 3.8) is 0 Å². The summed E-state index contributed by atoms with van der Waals surface area (Å²) in [5, 5.41) is 13.5. The van der Waals surface area contributed by atoms with Crippen molar-refractivity contribution in [3.8, 4) is 5.75 Å². The smallest absolute Gasteiger partial charge is 0.364 e. The molecule has 0 saturated carbocycles. The summed E-state index contributed by atoms with van der Waals surface area (Å²) < 4.78 is 16.6. The maximum atomic E-state index is 11.2. The second-order valence-electron chi connectivity index (χ2n) is 8.29. The molecule has 8 heteroatoms. The van der Waals surface area contributed by atoms with Gasteiger partial charge in [-0.3, -0.25) is 4.98 Å². The molecule has 0 amide bonds. The standard InChI is InChI=1S/C27H28N2O6/c1-27(26(30)31)33-18-21(19-34-27)17-20-10-12-23(13-11-20)32-15-16-35-29-25(22-7-3-2-4-8-22)24-9-5-6-14-28-24/h2-14,21H,15-19H2,1H3,(H,30,31)/b29-25-/t21-,27+. The minimum Gasteiger partial charge on any atom is -0.490 e. The Kier molecular flexibility index (Phi) is 8.07. The van der Waals surface area contributed by atoms with Crippen LogP contribution in [0.4, 0.5) is 0 Å². The van der Waals surface area contributed by atoms with Crippen molar-refractivity contribution in [2.24, 2.45) is 11.1 Å². The van der Waals surface area contributed by atoms with Crippen molar-refractivity contribution in [2.75, 3.05) is 26.4 Å². The Morgan fingerprint density at radius 3 is 2.40 bits per heavy atom. The summed E-state index contributed by atoms with van der Waals surface area (Å²) in [4.78, 5) is 21.1. The highest BCUT2D eigenvalue weighted by molar-refractivity contribution is 6.11. The first kappa shape index (κ1) is 24.4. The van der Waals surface area contributed by atoms with Gasteiger partial charge in [-0.15, -0.1) is 0 Å². The van der Waals surface area contributed by atoms with Crippen molar-refractivity contribution >= 4 is 11.7 Å². The van der Waals surface area contributed by atoms with Crippen LogP contribution in [-0.2, 0) is 25.5 Å². The Morgan fingerprint density at radius 1 is 1.03 bits per heavy atom. The number of benzene rings is 2. The van der Waals surface area contributed by atoms with Gasteiger partial charge < -0.3 is 24.2 Å². The molecule has 182 valence electrons. The van der Waals surface area contributed by atoms with E-state index in [1.807, 2.05) is 72.8 Å². The van der Waals surface area contributed by atoms with E-state index in [0.717, 1.165) is 29.0 Å². The number of hydrogen-bond donors (Lipinski definition) is 1. The van der Waals surface area contributed by atoms with E-state index in [1.165, 1.54) is 6.92 Å². The van der Waals surface area contributed by atoms with Gasteiger partial charge >= 0.3 is 5.97 Å². The molecule has 1 saturated heterocycles. The number of oxime groups is 1. The molecule has 8 nitrogen and oxygen atoms in total. The quantitative estimate of drug-likeness (QED) is 0.269. The second-order valence-corrected chi connectivity index (χ2v) is 8.29. The number of carbonyl (C=O) groups is 1. The van der Waals surface area contributed by atoms with Gasteiger partial charge in [0.25, 0.3) is 5.79 Å². The zero-order valence-corrected chi connectivity index (χ0v) is 19.5. The average Bonchev–Trinajstić information content (AvgIpc) is 2.89. The fourth-order valence-electron chi connectivity index (χ4n) is 3.59. The average molecular weight is 477 g/mol. The van der Waals surface area contributed by atoms with Gasteiger partial charge in [0.2, 0.25) is 0 Å². The number of aliphatic carboxylic acids is 1. The van der Waals surface area contributed by atoms with Crippen LogP contribution < -0.4 is 4.74 Å². The molecule has 1 aliphatic heterocycles. The normalized spacial score (nSPS) is 20.3. The molecule has 0 unspecified atom stereocenters. The van der Waals surface area contributed by atoms with Crippen LogP contribution in [0.15, 0.2) is 84.1 Å². The predicted octanol–water partition coefficient (Wildman–Crippen LogP) is 3.94.